The molecule has 6 heteroatoms. The van der Waals surface area contributed by atoms with E-state index < -0.39 is 0 Å². The largest absolute Gasteiger partial charge is 0.355 e. The van der Waals surface area contributed by atoms with Crippen LogP contribution < -0.4 is 16.0 Å². The van der Waals surface area contributed by atoms with Crippen LogP contribution in [0.25, 0.3) is 0 Å². The lowest BCUT2D eigenvalue weighted by Gasteiger charge is -2.12. The molecule has 2 amide bonds. The predicted molar refractivity (Wildman–Crippen MR) is 112 cm³/mol. The normalized spacial score (nSPS) is 10.2. The van der Waals surface area contributed by atoms with Crippen LogP contribution in [0.3, 0.4) is 0 Å². The number of carbonyl (C=O) groups excluding carboxylic acids is 2. The Bertz CT molecular complexity index is 1000. The van der Waals surface area contributed by atoms with E-state index >= 15 is 0 Å². The molecule has 0 aliphatic heterocycles. The first-order valence-electron chi connectivity index (χ1n) is 9.05. The molecule has 3 N–H and O–H groups in total. The summed E-state index contributed by atoms with van der Waals surface area (Å²) >= 11 is 0. The van der Waals surface area contributed by atoms with Crippen LogP contribution in [-0.4, -0.2) is 16.8 Å². The van der Waals surface area contributed by atoms with Gasteiger partial charge in [0.2, 0.25) is 5.91 Å². The van der Waals surface area contributed by atoms with Crippen molar-refractivity contribution in [1.82, 2.24) is 4.98 Å². The van der Waals surface area contributed by atoms with Crippen molar-refractivity contribution in [2.45, 2.75) is 20.3 Å². The predicted octanol–water partition coefficient (Wildman–Crippen LogP) is 4.60. The minimum Gasteiger partial charge on any atom is -0.355 e. The minimum atomic E-state index is -0.326. The number of aromatic nitrogens is 1. The molecule has 0 aliphatic carbocycles. The smallest absolute Gasteiger partial charge is 0.274 e. The summed E-state index contributed by atoms with van der Waals surface area (Å²) in [7, 11) is 0. The highest BCUT2D eigenvalue weighted by Crippen LogP contribution is 2.22. The van der Waals surface area contributed by atoms with E-state index in [-0.39, 0.29) is 11.8 Å². The number of pyridine rings is 1. The molecule has 1 aromatic heterocycles. The molecule has 28 heavy (non-hydrogen) atoms. The van der Waals surface area contributed by atoms with Crippen molar-refractivity contribution in [3.05, 3.63) is 78.1 Å². The fraction of sp³-hybridized carbons (Fsp3) is 0.136. The van der Waals surface area contributed by atoms with Crippen molar-refractivity contribution in [2.75, 3.05) is 16.0 Å². The molecule has 0 saturated heterocycles. The van der Waals surface area contributed by atoms with Gasteiger partial charge >= 0.3 is 0 Å². The SMILES string of the molecule is CCc1ccccc1Nc1ccnc(C(=O)Nc2cccc(NC(C)=O)c2)c1. The molecule has 0 aliphatic rings. The monoisotopic (exact) mass is 374 g/mol. The van der Waals surface area contributed by atoms with Gasteiger partial charge < -0.3 is 16.0 Å². The standard InChI is InChI=1S/C22H22N4O2/c1-3-16-7-4-5-10-20(16)25-19-11-12-23-21(14-19)22(28)26-18-9-6-8-17(13-18)24-15(2)27/h4-14H,3H2,1-2H3,(H,23,25)(H,24,27)(H,26,28). The van der Waals surface area contributed by atoms with Crippen molar-refractivity contribution in [1.29, 1.82) is 0 Å². The van der Waals surface area contributed by atoms with Crippen LogP contribution in [0.15, 0.2) is 66.9 Å². The Hall–Kier alpha value is -3.67. The van der Waals surface area contributed by atoms with E-state index in [4.69, 9.17) is 0 Å². The molecule has 0 fully saturated rings. The highest BCUT2D eigenvalue weighted by Gasteiger charge is 2.10. The lowest BCUT2D eigenvalue weighted by Crippen LogP contribution is -2.14. The summed E-state index contributed by atoms with van der Waals surface area (Å²) in [5, 5.41) is 8.84. The number of carbonyl (C=O) groups is 2. The summed E-state index contributed by atoms with van der Waals surface area (Å²) < 4.78 is 0. The topological polar surface area (TPSA) is 83.1 Å². The van der Waals surface area contributed by atoms with Crippen LogP contribution in [0.2, 0.25) is 0 Å². The first-order chi connectivity index (χ1) is 13.5. The highest BCUT2D eigenvalue weighted by atomic mass is 16.2. The van der Waals surface area contributed by atoms with Crippen LogP contribution >= 0.6 is 0 Å². The summed E-state index contributed by atoms with van der Waals surface area (Å²) in [6, 6.07) is 18.5. The Morgan fingerprint density at radius 1 is 0.893 bits per heavy atom. The number of anilines is 4. The van der Waals surface area contributed by atoms with Crippen LogP contribution in [0, 0.1) is 0 Å². The van der Waals surface area contributed by atoms with Gasteiger partial charge in [0, 0.05) is 35.9 Å². The van der Waals surface area contributed by atoms with Crippen LogP contribution in [0.1, 0.15) is 29.9 Å². The van der Waals surface area contributed by atoms with Crippen molar-refractivity contribution in [3.63, 3.8) is 0 Å². The second kappa shape index (κ2) is 8.81. The van der Waals surface area contributed by atoms with Gasteiger partial charge in [-0.05, 0) is 48.4 Å². The second-order valence-corrected chi connectivity index (χ2v) is 6.28. The molecule has 2 aromatic carbocycles. The van der Waals surface area contributed by atoms with Crippen LogP contribution in [0.4, 0.5) is 22.7 Å². The van der Waals surface area contributed by atoms with Gasteiger partial charge in [0.15, 0.2) is 0 Å². The summed E-state index contributed by atoms with van der Waals surface area (Å²) in [5.41, 5.74) is 4.47. The van der Waals surface area contributed by atoms with Crippen molar-refractivity contribution in [3.8, 4) is 0 Å². The number of hydrogen-bond donors (Lipinski definition) is 3. The number of para-hydroxylation sites is 1. The molecule has 6 nitrogen and oxygen atoms in total. The molecule has 1 heterocycles. The van der Waals surface area contributed by atoms with Gasteiger partial charge in [-0.3, -0.25) is 14.6 Å². The molecule has 3 aromatic rings. The van der Waals surface area contributed by atoms with Crippen molar-refractivity contribution < 1.29 is 9.59 Å². The maximum atomic E-state index is 12.6. The Kier molecular flexibility index (Phi) is 6.01. The molecule has 0 unspecified atom stereocenters. The number of rotatable bonds is 6. The van der Waals surface area contributed by atoms with Crippen molar-refractivity contribution in [2.24, 2.45) is 0 Å². The van der Waals surface area contributed by atoms with Crippen LogP contribution in [-0.2, 0) is 11.2 Å². The Morgan fingerprint density at radius 2 is 1.64 bits per heavy atom. The molecular weight excluding hydrogens is 352 g/mol. The molecule has 3 rings (SSSR count). The lowest BCUT2D eigenvalue weighted by molar-refractivity contribution is -0.114. The summed E-state index contributed by atoms with van der Waals surface area (Å²) in [6.45, 7) is 3.53. The fourth-order valence-corrected chi connectivity index (χ4v) is 2.81. The van der Waals surface area contributed by atoms with E-state index in [0.717, 1.165) is 17.8 Å². The number of nitrogens with one attached hydrogen (secondary N) is 3. The summed E-state index contributed by atoms with van der Waals surface area (Å²) in [6.07, 6.45) is 2.51. The second-order valence-electron chi connectivity index (χ2n) is 6.28. The molecule has 0 spiro atoms. The number of hydrogen-bond acceptors (Lipinski definition) is 4. The summed E-state index contributed by atoms with van der Waals surface area (Å²) in [5.74, 6) is -0.497. The van der Waals surface area contributed by atoms with Gasteiger partial charge in [-0.15, -0.1) is 0 Å². The van der Waals surface area contributed by atoms with Gasteiger partial charge in [-0.2, -0.15) is 0 Å². The quantitative estimate of drug-likeness (QED) is 0.589. The number of amides is 2. The zero-order valence-corrected chi connectivity index (χ0v) is 15.8. The van der Waals surface area contributed by atoms with E-state index in [1.807, 2.05) is 24.3 Å². The van der Waals surface area contributed by atoms with Gasteiger partial charge in [-0.25, -0.2) is 0 Å². The third kappa shape index (κ3) is 4.94. The number of aryl methyl sites for hydroxylation is 1. The molecule has 0 atom stereocenters. The Morgan fingerprint density at radius 3 is 2.39 bits per heavy atom. The maximum Gasteiger partial charge on any atom is 0.274 e. The van der Waals surface area contributed by atoms with Crippen LogP contribution in [0.5, 0.6) is 0 Å². The zero-order valence-electron chi connectivity index (χ0n) is 15.8. The maximum absolute atomic E-state index is 12.6. The molecule has 0 saturated carbocycles. The third-order valence-electron chi connectivity index (χ3n) is 4.11. The van der Waals surface area contributed by atoms with Gasteiger partial charge in [0.25, 0.3) is 5.91 Å². The van der Waals surface area contributed by atoms with E-state index in [0.29, 0.717) is 17.1 Å². The van der Waals surface area contributed by atoms with E-state index in [1.54, 1.807) is 36.5 Å². The zero-order chi connectivity index (χ0) is 19.9. The average molecular weight is 374 g/mol. The van der Waals surface area contributed by atoms with Gasteiger partial charge in [0.05, 0.1) is 0 Å². The van der Waals surface area contributed by atoms with E-state index in [2.05, 4.69) is 33.9 Å². The Balaban J connectivity index is 1.74. The summed E-state index contributed by atoms with van der Waals surface area (Å²) in [4.78, 5) is 27.9. The van der Waals surface area contributed by atoms with Gasteiger partial charge in [-0.1, -0.05) is 31.2 Å². The number of nitrogens with zero attached hydrogens (tertiary/aromatic N) is 1. The van der Waals surface area contributed by atoms with E-state index in [1.165, 1.54) is 12.5 Å². The Labute approximate surface area is 164 Å². The van der Waals surface area contributed by atoms with Gasteiger partial charge in [0.1, 0.15) is 5.69 Å². The lowest BCUT2D eigenvalue weighted by atomic mass is 10.1. The van der Waals surface area contributed by atoms with Crippen molar-refractivity contribution >= 4 is 34.6 Å². The molecular formula is C22H22N4O2. The number of benzene rings is 2. The molecule has 142 valence electrons. The average Bonchev–Trinajstić information content (AvgIpc) is 2.68. The first-order valence-corrected chi connectivity index (χ1v) is 9.05. The highest BCUT2D eigenvalue weighted by molar-refractivity contribution is 6.03. The van der Waals surface area contributed by atoms with E-state index in [9.17, 15) is 9.59 Å². The minimum absolute atomic E-state index is 0.170. The molecule has 0 bridgehead atoms. The first kappa shape index (κ1) is 19.1. The fourth-order valence-electron chi connectivity index (χ4n) is 2.81. The third-order valence-corrected chi connectivity index (χ3v) is 4.11. The molecule has 0 radical (unpaired) electrons.